The largest absolute Gasteiger partial charge is 0.469 e. The van der Waals surface area contributed by atoms with E-state index < -0.39 is 0 Å². The second-order valence-electron chi connectivity index (χ2n) is 10.9. The monoisotopic (exact) mass is 504 g/mol. The SMILES string of the molecule is COC(=O)C[C@@H](CC1CCN(C(=O)CCc2ccc3c(n2)NCCC3)CC1)[C@@H]1CNc2ccccc2C1. The number of anilines is 2. The number of carbonyl (C=O) groups excluding carboxylic acids is 2. The highest BCUT2D eigenvalue weighted by Gasteiger charge is 2.32. The smallest absolute Gasteiger partial charge is 0.305 e. The minimum absolute atomic E-state index is 0.123. The van der Waals surface area contributed by atoms with Crippen LogP contribution in [-0.2, 0) is 33.6 Å². The lowest BCUT2D eigenvalue weighted by molar-refractivity contribution is -0.142. The van der Waals surface area contributed by atoms with Gasteiger partial charge in [0, 0.05) is 50.4 Å². The van der Waals surface area contributed by atoms with Crippen LogP contribution in [0, 0.1) is 17.8 Å². The van der Waals surface area contributed by atoms with Crippen molar-refractivity contribution in [2.75, 3.05) is 43.9 Å². The number of piperidine rings is 1. The van der Waals surface area contributed by atoms with E-state index in [1.807, 2.05) is 4.90 Å². The Morgan fingerprint density at radius 1 is 1.11 bits per heavy atom. The molecule has 5 rings (SSSR count). The average molecular weight is 505 g/mol. The van der Waals surface area contributed by atoms with Crippen LogP contribution in [0.2, 0.25) is 0 Å². The number of carbonyl (C=O) groups is 2. The van der Waals surface area contributed by atoms with Gasteiger partial charge < -0.3 is 20.3 Å². The number of nitrogens with zero attached hydrogens (tertiary/aromatic N) is 2. The van der Waals surface area contributed by atoms with Crippen molar-refractivity contribution >= 4 is 23.4 Å². The number of hydrogen-bond acceptors (Lipinski definition) is 6. The summed E-state index contributed by atoms with van der Waals surface area (Å²) in [6, 6.07) is 12.7. The van der Waals surface area contributed by atoms with Crippen LogP contribution >= 0.6 is 0 Å². The summed E-state index contributed by atoms with van der Waals surface area (Å²) < 4.78 is 5.05. The maximum absolute atomic E-state index is 13.0. The fourth-order valence-electron chi connectivity index (χ4n) is 6.29. The van der Waals surface area contributed by atoms with Crippen molar-refractivity contribution in [1.82, 2.24) is 9.88 Å². The molecule has 0 radical (unpaired) electrons. The quantitative estimate of drug-likeness (QED) is 0.517. The maximum Gasteiger partial charge on any atom is 0.305 e. The van der Waals surface area contributed by atoms with Gasteiger partial charge in [0.05, 0.1) is 7.11 Å². The van der Waals surface area contributed by atoms with Gasteiger partial charge in [-0.1, -0.05) is 24.3 Å². The van der Waals surface area contributed by atoms with E-state index in [4.69, 9.17) is 9.72 Å². The normalized spacial score (nSPS) is 20.1. The van der Waals surface area contributed by atoms with Crippen LogP contribution in [0.5, 0.6) is 0 Å². The third-order valence-corrected chi connectivity index (χ3v) is 8.53. The molecule has 0 bridgehead atoms. The first kappa shape index (κ1) is 25.6. The Kier molecular flexibility index (Phi) is 8.27. The molecule has 4 heterocycles. The minimum atomic E-state index is -0.123. The number of hydrogen-bond donors (Lipinski definition) is 2. The summed E-state index contributed by atoms with van der Waals surface area (Å²) in [5.74, 6) is 2.32. The fraction of sp³-hybridized carbons (Fsp3) is 0.567. The van der Waals surface area contributed by atoms with Gasteiger partial charge in [0.15, 0.2) is 0 Å². The predicted molar refractivity (Wildman–Crippen MR) is 146 cm³/mol. The second-order valence-corrected chi connectivity index (χ2v) is 10.9. The molecule has 1 saturated heterocycles. The van der Waals surface area contributed by atoms with Crippen molar-refractivity contribution in [3.63, 3.8) is 0 Å². The number of benzene rings is 1. The zero-order valence-corrected chi connectivity index (χ0v) is 22.0. The summed E-state index contributed by atoms with van der Waals surface area (Å²) >= 11 is 0. The first-order valence-corrected chi connectivity index (χ1v) is 14.0. The Labute approximate surface area is 220 Å². The first-order valence-electron chi connectivity index (χ1n) is 14.0. The van der Waals surface area contributed by atoms with E-state index in [9.17, 15) is 9.59 Å². The van der Waals surface area contributed by atoms with Gasteiger partial charge in [0.1, 0.15) is 5.82 Å². The number of fused-ring (bicyclic) bond motifs is 2. The molecule has 7 nitrogen and oxygen atoms in total. The van der Waals surface area contributed by atoms with Crippen LogP contribution < -0.4 is 10.6 Å². The molecule has 0 unspecified atom stereocenters. The van der Waals surface area contributed by atoms with Crippen molar-refractivity contribution in [2.24, 2.45) is 17.8 Å². The van der Waals surface area contributed by atoms with Crippen molar-refractivity contribution in [2.45, 2.75) is 57.8 Å². The van der Waals surface area contributed by atoms with Gasteiger partial charge in [-0.05, 0) is 86.0 Å². The van der Waals surface area contributed by atoms with Gasteiger partial charge in [-0.3, -0.25) is 9.59 Å². The molecule has 2 atom stereocenters. The van der Waals surface area contributed by atoms with Crippen LogP contribution in [-0.4, -0.2) is 55.0 Å². The Hall–Kier alpha value is -3.09. The van der Waals surface area contributed by atoms with E-state index in [1.54, 1.807) is 0 Å². The maximum atomic E-state index is 13.0. The number of amides is 1. The van der Waals surface area contributed by atoms with Gasteiger partial charge in [0.25, 0.3) is 0 Å². The molecule has 2 N–H and O–H groups in total. The van der Waals surface area contributed by atoms with Crippen molar-refractivity contribution in [3.05, 3.63) is 53.2 Å². The summed E-state index contributed by atoms with van der Waals surface area (Å²) in [7, 11) is 1.48. The summed E-state index contributed by atoms with van der Waals surface area (Å²) in [4.78, 5) is 32.0. The molecule has 1 fully saturated rings. The van der Waals surface area contributed by atoms with Gasteiger partial charge in [0.2, 0.25) is 5.91 Å². The molecule has 0 aliphatic carbocycles. The minimum Gasteiger partial charge on any atom is -0.469 e. The van der Waals surface area contributed by atoms with Crippen molar-refractivity contribution in [3.8, 4) is 0 Å². The number of pyridine rings is 1. The van der Waals surface area contributed by atoms with E-state index in [1.165, 1.54) is 23.9 Å². The fourth-order valence-corrected chi connectivity index (χ4v) is 6.29. The van der Waals surface area contributed by atoms with Crippen LogP contribution in [0.3, 0.4) is 0 Å². The Morgan fingerprint density at radius 3 is 2.78 bits per heavy atom. The van der Waals surface area contributed by atoms with Crippen LogP contribution in [0.15, 0.2) is 36.4 Å². The van der Waals surface area contributed by atoms with Crippen molar-refractivity contribution < 1.29 is 14.3 Å². The second kappa shape index (κ2) is 12.0. The summed E-state index contributed by atoms with van der Waals surface area (Å²) in [5.41, 5.74) is 4.81. The van der Waals surface area contributed by atoms with Gasteiger partial charge in [-0.15, -0.1) is 0 Å². The molecule has 3 aliphatic rings. The Morgan fingerprint density at radius 2 is 1.95 bits per heavy atom. The van der Waals surface area contributed by atoms with E-state index in [2.05, 4.69) is 47.0 Å². The van der Waals surface area contributed by atoms with Crippen LogP contribution in [0.1, 0.15) is 55.3 Å². The molecule has 198 valence electrons. The standard InChI is InChI=1S/C30H40N4O3/c1-37-29(36)19-24(25-18-23-5-2-3-7-27(23)32-20-25)17-21-12-15-34(16-13-21)28(35)11-10-26-9-8-22-6-4-14-31-30(22)33-26/h2-3,5,7-9,21,24-25,32H,4,6,10-20H2,1H3,(H,31,33)/t24-,25+/m1/s1. The number of esters is 1. The van der Waals surface area contributed by atoms with E-state index in [0.29, 0.717) is 31.1 Å². The summed E-state index contributed by atoms with van der Waals surface area (Å²) in [6.45, 7) is 3.48. The van der Waals surface area contributed by atoms with E-state index in [0.717, 1.165) is 76.2 Å². The predicted octanol–water partition coefficient (Wildman–Crippen LogP) is 4.46. The number of rotatable bonds is 8. The first-order chi connectivity index (χ1) is 18.1. The molecule has 37 heavy (non-hydrogen) atoms. The molecule has 1 aromatic heterocycles. The van der Waals surface area contributed by atoms with Crippen molar-refractivity contribution in [1.29, 1.82) is 0 Å². The molecule has 0 saturated carbocycles. The van der Waals surface area contributed by atoms with Crippen LogP contribution in [0.25, 0.3) is 0 Å². The number of para-hydroxylation sites is 1. The Bertz CT molecular complexity index is 1100. The lowest BCUT2D eigenvalue weighted by Crippen LogP contribution is -2.40. The number of ether oxygens (including phenoxy) is 1. The zero-order chi connectivity index (χ0) is 25.6. The molecular formula is C30H40N4O3. The van der Waals surface area contributed by atoms with E-state index >= 15 is 0 Å². The zero-order valence-electron chi connectivity index (χ0n) is 22.0. The third-order valence-electron chi connectivity index (χ3n) is 8.53. The van der Waals surface area contributed by atoms with Gasteiger partial charge in [-0.25, -0.2) is 4.98 Å². The molecular weight excluding hydrogens is 464 g/mol. The third kappa shape index (κ3) is 6.43. The number of aromatic nitrogens is 1. The molecule has 7 heteroatoms. The lowest BCUT2D eigenvalue weighted by atomic mass is 9.75. The van der Waals surface area contributed by atoms with Crippen LogP contribution in [0.4, 0.5) is 11.5 Å². The van der Waals surface area contributed by atoms with Gasteiger partial charge >= 0.3 is 5.97 Å². The number of aryl methyl sites for hydroxylation is 2. The molecule has 2 aromatic rings. The number of likely N-dealkylation sites (tertiary alicyclic amines) is 1. The molecule has 0 spiro atoms. The summed E-state index contributed by atoms with van der Waals surface area (Å²) in [6.07, 6.45) is 7.90. The molecule has 1 aromatic carbocycles. The summed E-state index contributed by atoms with van der Waals surface area (Å²) in [5, 5.41) is 6.95. The highest BCUT2D eigenvalue weighted by Crippen LogP contribution is 2.36. The highest BCUT2D eigenvalue weighted by molar-refractivity contribution is 5.76. The molecule has 3 aliphatic heterocycles. The Balaban J connectivity index is 1.12. The lowest BCUT2D eigenvalue weighted by Gasteiger charge is -2.37. The average Bonchev–Trinajstić information content (AvgIpc) is 2.95. The topological polar surface area (TPSA) is 83.6 Å². The number of nitrogens with one attached hydrogen (secondary N) is 2. The van der Waals surface area contributed by atoms with Gasteiger partial charge in [-0.2, -0.15) is 0 Å². The molecule has 1 amide bonds. The highest BCUT2D eigenvalue weighted by atomic mass is 16.5. The number of methoxy groups -OCH3 is 1. The van der Waals surface area contributed by atoms with E-state index in [-0.39, 0.29) is 17.8 Å².